The second-order valence-corrected chi connectivity index (χ2v) is 7.17. The summed E-state index contributed by atoms with van der Waals surface area (Å²) in [5, 5.41) is 9.91. The van der Waals surface area contributed by atoms with Gasteiger partial charge in [-0.2, -0.15) is 5.10 Å². The number of nitrogens with zero attached hydrogens (tertiary/aromatic N) is 3. The van der Waals surface area contributed by atoms with E-state index in [0.717, 1.165) is 18.5 Å². The first-order valence-corrected chi connectivity index (χ1v) is 10.1. The molecule has 2 aromatic rings. The molecule has 0 bridgehead atoms. The second kappa shape index (κ2) is 10.6. The molecular weight excluding hydrogens is 386 g/mol. The molecule has 1 aliphatic heterocycles. The number of methoxy groups -OCH3 is 2. The molecule has 0 spiro atoms. The van der Waals surface area contributed by atoms with E-state index in [1.807, 2.05) is 34.0 Å². The van der Waals surface area contributed by atoms with Crippen LogP contribution in [-0.2, 0) is 22.7 Å². The van der Waals surface area contributed by atoms with E-state index in [2.05, 4.69) is 15.7 Å². The summed E-state index contributed by atoms with van der Waals surface area (Å²) in [7, 11) is 3.21. The van der Waals surface area contributed by atoms with E-state index in [4.69, 9.17) is 9.47 Å². The third kappa shape index (κ3) is 5.96. The summed E-state index contributed by atoms with van der Waals surface area (Å²) in [4.78, 5) is 26.9. The summed E-state index contributed by atoms with van der Waals surface area (Å²) in [6, 6.07) is 7.00. The van der Waals surface area contributed by atoms with Crippen molar-refractivity contribution in [2.24, 2.45) is 0 Å². The van der Waals surface area contributed by atoms with Crippen molar-refractivity contribution in [2.75, 3.05) is 33.9 Å². The number of rotatable bonds is 10. The maximum absolute atomic E-state index is 12.5. The van der Waals surface area contributed by atoms with Crippen LogP contribution in [0.4, 0.5) is 0 Å². The Hall–Kier alpha value is -3.07. The van der Waals surface area contributed by atoms with Gasteiger partial charge in [0.15, 0.2) is 0 Å². The van der Waals surface area contributed by atoms with Crippen LogP contribution in [0.2, 0.25) is 0 Å². The van der Waals surface area contributed by atoms with E-state index in [1.54, 1.807) is 26.5 Å². The molecule has 9 nitrogen and oxygen atoms in total. The lowest BCUT2D eigenvalue weighted by atomic mass is 10.1. The summed E-state index contributed by atoms with van der Waals surface area (Å²) in [6.45, 7) is 3.03. The molecule has 2 N–H and O–H groups in total. The topological polar surface area (TPSA) is 97.7 Å². The first-order valence-electron chi connectivity index (χ1n) is 10.1. The lowest BCUT2D eigenvalue weighted by molar-refractivity contribution is -0.134. The van der Waals surface area contributed by atoms with Crippen LogP contribution >= 0.6 is 0 Å². The maximum Gasteiger partial charge on any atom is 0.237 e. The van der Waals surface area contributed by atoms with Gasteiger partial charge in [0.05, 0.1) is 26.7 Å². The van der Waals surface area contributed by atoms with Crippen LogP contribution in [0.1, 0.15) is 18.4 Å². The number of ether oxygens (including phenoxy) is 2. The Morgan fingerprint density at radius 1 is 1.27 bits per heavy atom. The number of aromatic nitrogens is 2. The fraction of sp³-hybridized carbons (Fsp3) is 0.476. The van der Waals surface area contributed by atoms with Gasteiger partial charge >= 0.3 is 0 Å². The van der Waals surface area contributed by atoms with Crippen LogP contribution in [0.3, 0.4) is 0 Å². The highest BCUT2D eigenvalue weighted by atomic mass is 16.5. The third-order valence-corrected chi connectivity index (χ3v) is 5.06. The van der Waals surface area contributed by atoms with Crippen LogP contribution < -0.4 is 20.1 Å². The van der Waals surface area contributed by atoms with E-state index in [9.17, 15) is 9.59 Å². The minimum atomic E-state index is -0.512. The minimum Gasteiger partial charge on any atom is -0.497 e. The van der Waals surface area contributed by atoms with Crippen molar-refractivity contribution in [1.29, 1.82) is 0 Å². The SMILES string of the molecule is COc1cc(CN2CCNC(=O)[C@H]2CC(=O)NCCCn2cccn2)cc(OC)c1. The van der Waals surface area contributed by atoms with Gasteiger partial charge in [0.25, 0.3) is 0 Å². The lowest BCUT2D eigenvalue weighted by Crippen LogP contribution is -2.56. The normalized spacial score (nSPS) is 16.7. The van der Waals surface area contributed by atoms with Gasteiger partial charge in [-0.05, 0) is 30.2 Å². The molecule has 0 aliphatic carbocycles. The number of piperazine rings is 1. The molecule has 1 atom stereocenters. The van der Waals surface area contributed by atoms with Gasteiger partial charge in [-0.15, -0.1) is 0 Å². The van der Waals surface area contributed by atoms with Crippen molar-refractivity contribution >= 4 is 11.8 Å². The summed E-state index contributed by atoms with van der Waals surface area (Å²) < 4.78 is 12.5. The fourth-order valence-corrected chi connectivity index (χ4v) is 3.51. The third-order valence-electron chi connectivity index (χ3n) is 5.06. The number of amides is 2. The average Bonchev–Trinajstić information content (AvgIpc) is 3.27. The van der Waals surface area contributed by atoms with Gasteiger partial charge in [-0.3, -0.25) is 19.2 Å². The molecule has 162 valence electrons. The zero-order valence-corrected chi connectivity index (χ0v) is 17.5. The lowest BCUT2D eigenvalue weighted by Gasteiger charge is -2.34. The van der Waals surface area contributed by atoms with Crippen molar-refractivity contribution in [2.45, 2.75) is 32.0 Å². The molecule has 1 fully saturated rings. The average molecular weight is 415 g/mol. The Labute approximate surface area is 176 Å². The highest BCUT2D eigenvalue weighted by Gasteiger charge is 2.31. The van der Waals surface area contributed by atoms with Gasteiger partial charge in [0.1, 0.15) is 11.5 Å². The molecular formula is C21H29N5O4. The fourth-order valence-electron chi connectivity index (χ4n) is 3.51. The Balaban J connectivity index is 1.56. The van der Waals surface area contributed by atoms with Gasteiger partial charge in [-0.1, -0.05) is 0 Å². The molecule has 0 radical (unpaired) electrons. The predicted molar refractivity (Wildman–Crippen MR) is 111 cm³/mol. The Kier molecular flexibility index (Phi) is 7.67. The molecule has 0 unspecified atom stereocenters. The molecule has 1 saturated heterocycles. The van der Waals surface area contributed by atoms with E-state index in [0.29, 0.717) is 37.7 Å². The van der Waals surface area contributed by atoms with Crippen LogP contribution in [-0.4, -0.2) is 66.4 Å². The summed E-state index contributed by atoms with van der Waals surface area (Å²) in [5.74, 6) is 1.13. The molecule has 9 heteroatoms. The largest absolute Gasteiger partial charge is 0.497 e. The van der Waals surface area contributed by atoms with Crippen LogP contribution in [0, 0.1) is 0 Å². The summed E-state index contributed by atoms with van der Waals surface area (Å²) in [5.41, 5.74) is 0.963. The molecule has 1 aromatic carbocycles. The molecule has 2 amide bonds. The van der Waals surface area contributed by atoms with Crippen molar-refractivity contribution < 1.29 is 19.1 Å². The number of hydrogen-bond donors (Lipinski definition) is 2. The number of benzene rings is 1. The number of nitrogens with one attached hydrogen (secondary N) is 2. The Morgan fingerprint density at radius 2 is 2.03 bits per heavy atom. The van der Waals surface area contributed by atoms with Gasteiger partial charge < -0.3 is 20.1 Å². The molecule has 3 rings (SSSR count). The van der Waals surface area contributed by atoms with Crippen LogP contribution in [0.25, 0.3) is 0 Å². The van der Waals surface area contributed by atoms with E-state index in [-0.39, 0.29) is 18.2 Å². The van der Waals surface area contributed by atoms with Gasteiger partial charge in [-0.25, -0.2) is 0 Å². The quantitative estimate of drug-likeness (QED) is 0.557. The monoisotopic (exact) mass is 415 g/mol. The predicted octanol–water partition coefficient (Wildman–Crippen LogP) is 0.797. The Morgan fingerprint density at radius 3 is 2.70 bits per heavy atom. The van der Waals surface area contributed by atoms with E-state index < -0.39 is 6.04 Å². The zero-order valence-electron chi connectivity index (χ0n) is 17.5. The first-order chi connectivity index (χ1) is 14.6. The number of carbonyl (C=O) groups excluding carboxylic acids is 2. The van der Waals surface area contributed by atoms with E-state index in [1.165, 1.54) is 0 Å². The summed E-state index contributed by atoms with van der Waals surface area (Å²) in [6.07, 6.45) is 4.51. The van der Waals surface area contributed by atoms with Crippen molar-refractivity contribution in [3.63, 3.8) is 0 Å². The van der Waals surface area contributed by atoms with Crippen molar-refractivity contribution in [1.82, 2.24) is 25.3 Å². The highest BCUT2D eigenvalue weighted by Crippen LogP contribution is 2.24. The van der Waals surface area contributed by atoms with Crippen LogP contribution in [0.5, 0.6) is 11.5 Å². The van der Waals surface area contributed by atoms with Crippen molar-refractivity contribution in [3.05, 3.63) is 42.2 Å². The molecule has 0 saturated carbocycles. The zero-order chi connectivity index (χ0) is 21.3. The minimum absolute atomic E-state index is 0.120. The Bertz CT molecular complexity index is 818. The van der Waals surface area contributed by atoms with E-state index >= 15 is 0 Å². The molecule has 1 aliphatic rings. The van der Waals surface area contributed by atoms with Crippen LogP contribution in [0.15, 0.2) is 36.7 Å². The van der Waals surface area contributed by atoms with Crippen molar-refractivity contribution in [3.8, 4) is 11.5 Å². The summed E-state index contributed by atoms with van der Waals surface area (Å²) >= 11 is 0. The van der Waals surface area contributed by atoms with Gasteiger partial charge in [0.2, 0.25) is 11.8 Å². The first kappa shape index (κ1) is 21.6. The molecule has 1 aromatic heterocycles. The maximum atomic E-state index is 12.5. The smallest absolute Gasteiger partial charge is 0.237 e. The number of hydrogen-bond acceptors (Lipinski definition) is 6. The number of carbonyl (C=O) groups is 2. The molecule has 30 heavy (non-hydrogen) atoms. The second-order valence-electron chi connectivity index (χ2n) is 7.17. The molecule has 2 heterocycles. The highest BCUT2D eigenvalue weighted by molar-refractivity contribution is 5.88. The standard InChI is InChI=1S/C21H29N5O4/c1-29-17-11-16(12-18(13-17)30-2)15-25-10-7-23-21(28)19(25)14-20(27)22-5-3-8-26-9-4-6-24-26/h4,6,9,11-13,19H,3,5,7-8,10,14-15H2,1-2H3,(H,22,27)(H,23,28)/t19-/m1/s1. The van der Waals surface area contributed by atoms with Gasteiger partial charge in [0, 0.05) is 51.2 Å². The number of aryl methyl sites for hydroxylation is 1.